The minimum Gasteiger partial charge on any atom is -0.447 e. The zero-order valence-electron chi connectivity index (χ0n) is 13.0. The Morgan fingerprint density at radius 3 is 2.96 bits per heavy atom. The zero-order chi connectivity index (χ0) is 16.8. The molecular formula is C15H15N3O4S2. The van der Waals surface area contributed by atoms with Crippen LogP contribution in [0, 0.1) is 0 Å². The number of thiophene rings is 1. The summed E-state index contributed by atoms with van der Waals surface area (Å²) in [5.41, 5.74) is 1.09. The number of imide groups is 1. The van der Waals surface area contributed by atoms with Crippen LogP contribution in [0.3, 0.4) is 0 Å². The fourth-order valence-corrected chi connectivity index (χ4v) is 5.21. The summed E-state index contributed by atoms with van der Waals surface area (Å²) in [5.74, 6) is -0.281. The second-order valence-corrected chi connectivity index (χ2v) is 7.77. The quantitative estimate of drug-likeness (QED) is 0.606. The van der Waals surface area contributed by atoms with Crippen molar-refractivity contribution in [2.24, 2.45) is 7.05 Å². The number of cyclic esters (lactones) is 1. The van der Waals surface area contributed by atoms with Gasteiger partial charge in [0.2, 0.25) is 5.91 Å². The van der Waals surface area contributed by atoms with E-state index in [9.17, 15) is 14.4 Å². The van der Waals surface area contributed by atoms with Gasteiger partial charge in [-0.15, -0.1) is 11.3 Å². The van der Waals surface area contributed by atoms with Crippen molar-refractivity contribution >= 4 is 45.3 Å². The number of carbonyl (C=O) groups is 2. The van der Waals surface area contributed by atoms with Gasteiger partial charge in [-0.3, -0.25) is 14.2 Å². The Balaban J connectivity index is 1.61. The number of amides is 2. The van der Waals surface area contributed by atoms with E-state index in [1.54, 1.807) is 18.4 Å². The predicted octanol–water partition coefficient (Wildman–Crippen LogP) is 1.55. The van der Waals surface area contributed by atoms with Crippen molar-refractivity contribution in [2.45, 2.75) is 24.4 Å². The molecule has 0 radical (unpaired) electrons. The van der Waals surface area contributed by atoms with E-state index in [4.69, 9.17) is 4.74 Å². The van der Waals surface area contributed by atoms with E-state index < -0.39 is 6.09 Å². The number of rotatable bonds is 3. The van der Waals surface area contributed by atoms with E-state index in [0.717, 1.165) is 39.9 Å². The van der Waals surface area contributed by atoms with Crippen molar-refractivity contribution in [1.29, 1.82) is 0 Å². The van der Waals surface area contributed by atoms with Crippen LogP contribution < -0.4 is 5.56 Å². The van der Waals surface area contributed by atoms with Crippen LogP contribution in [-0.4, -0.2) is 45.4 Å². The standard InChI is InChI=1S/C15H15N3O4S2/c1-17-13(20)11-8-3-2-4-9(8)24-12(11)16-14(17)23-7-10(19)18-5-6-22-15(18)21/h2-7H2,1H3. The highest BCUT2D eigenvalue weighted by Gasteiger charge is 2.29. The lowest BCUT2D eigenvalue weighted by atomic mass is 10.2. The van der Waals surface area contributed by atoms with Gasteiger partial charge in [-0.2, -0.15) is 0 Å². The van der Waals surface area contributed by atoms with Gasteiger partial charge in [0.25, 0.3) is 5.56 Å². The Morgan fingerprint density at radius 1 is 1.38 bits per heavy atom. The molecule has 0 N–H and O–H groups in total. The lowest BCUT2D eigenvalue weighted by Crippen LogP contribution is -2.33. The normalized spacial score (nSPS) is 16.7. The topological polar surface area (TPSA) is 81.5 Å². The molecule has 2 aromatic rings. The van der Waals surface area contributed by atoms with Crippen LogP contribution in [0.25, 0.3) is 10.2 Å². The van der Waals surface area contributed by atoms with Crippen molar-refractivity contribution in [1.82, 2.24) is 14.5 Å². The van der Waals surface area contributed by atoms with Crippen molar-refractivity contribution in [2.75, 3.05) is 18.9 Å². The first kappa shape index (κ1) is 15.6. The van der Waals surface area contributed by atoms with Crippen molar-refractivity contribution in [3.8, 4) is 0 Å². The molecule has 3 heterocycles. The molecular weight excluding hydrogens is 350 g/mol. The minimum absolute atomic E-state index is 0.0476. The summed E-state index contributed by atoms with van der Waals surface area (Å²) in [6, 6.07) is 0. The molecule has 0 saturated carbocycles. The van der Waals surface area contributed by atoms with E-state index in [1.165, 1.54) is 21.2 Å². The Hall–Kier alpha value is -1.87. The zero-order valence-corrected chi connectivity index (χ0v) is 14.7. The van der Waals surface area contributed by atoms with Gasteiger partial charge in [0.1, 0.15) is 11.4 Å². The highest BCUT2D eigenvalue weighted by molar-refractivity contribution is 7.99. The first-order chi connectivity index (χ1) is 11.6. The first-order valence-corrected chi connectivity index (χ1v) is 9.47. The number of carbonyl (C=O) groups excluding carboxylic acids is 2. The van der Waals surface area contributed by atoms with Crippen LogP contribution >= 0.6 is 23.1 Å². The number of hydrogen-bond acceptors (Lipinski definition) is 7. The molecule has 2 aromatic heterocycles. The molecule has 1 saturated heterocycles. The van der Waals surface area contributed by atoms with Gasteiger partial charge in [0.05, 0.1) is 17.7 Å². The number of ether oxygens (including phenoxy) is 1. The molecule has 4 rings (SSSR count). The van der Waals surface area contributed by atoms with Gasteiger partial charge in [-0.25, -0.2) is 14.7 Å². The smallest absolute Gasteiger partial charge is 0.416 e. The maximum atomic E-state index is 12.7. The van der Waals surface area contributed by atoms with Gasteiger partial charge in [-0.1, -0.05) is 11.8 Å². The number of aryl methyl sites for hydroxylation is 2. The summed E-state index contributed by atoms with van der Waals surface area (Å²) in [6.45, 7) is 0.514. The molecule has 0 spiro atoms. The lowest BCUT2D eigenvalue weighted by Gasteiger charge is -2.11. The van der Waals surface area contributed by atoms with Gasteiger partial charge in [0, 0.05) is 11.9 Å². The summed E-state index contributed by atoms with van der Waals surface area (Å²) in [4.78, 5) is 43.8. The van der Waals surface area contributed by atoms with Crippen LogP contribution in [-0.2, 0) is 29.4 Å². The fraction of sp³-hybridized carbons (Fsp3) is 0.467. The molecule has 1 aliphatic carbocycles. The summed E-state index contributed by atoms with van der Waals surface area (Å²) in [7, 11) is 1.67. The third-order valence-electron chi connectivity index (χ3n) is 4.29. The highest BCUT2D eigenvalue weighted by atomic mass is 32.2. The molecule has 0 unspecified atom stereocenters. The van der Waals surface area contributed by atoms with E-state index >= 15 is 0 Å². The van der Waals surface area contributed by atoms with Gasteiger partial charge in [0.15, 0.2) is 5.16 Å². The van der Waals surface area contributed by atoms with Crippen LogP contribution in [0.15, 0.2) is 9.95 Å². The molecule has 1 aliphatic heterocycles. The maximum absolute atomic E-state index is 12.7. The first-order valence-electron chi connectivity index (χ1n) is 7.67. The maximum Gasteiger partial charge on any atom is 0.416 e. The number of fused-ring (bicyclic) bond motifs is 3. The van der Waals surface area contributed by atoms with Crippen LogP contribution in [0.1, 0.15) is 16.9 Å². The molecule has 2 amide bonds. The number of nitrogens with zero attached hydrogens (tertiary/aromatic N) is 3. The molecule has 0 aromatic carbocycles. The molecule has 7 nitrogen and oxygen atoms in total. The minimum atomic E-state index is -0.604. The second-order valence-electron chi connectivity index (χ2n) is 5.74. The largest absolute Gasteiger partial charge is 0.447 e. The number of thioether (sulfide) groups is 1. The Labute approximate surface area is 145 Å². The number of hydrogen-bond donors (Lipinski definition) is 0. The van der Waals surface area contributed by atoms with E-state index in [1.807, 2.05) is 0 Å². The van der Waals surface area contributed by atoms with Crippen molar-refractivity contribution in [3.63, 3.8) is 0 Å². The van der Waals surface area contributed by atoms with E-state index in [0.29, 0.717) is 5.16 Å². The summed E-state index contributed by atoms with van der Waals surface area (Å²) in [5, 5.41) is 1.22. The summed E-state index contributed by atoms with van der Waals surface area (Å²) in [6.07, 6.45) is 2.44. The molecule has 24 heavy (non-hydrogen) atoms. The lowest BCUT2D eigenvalue weighted by molar-refractivity contribution is -0.125. The average molecular weight is 365 g/mol. The van der Waals surface area contributed by atoms with E-state index in [-0.39, 0.29) is 30.4 Å². The third-order valence-corrected chi connectivity index (χ3v) is 6.49. The van der Waals surface area contributed by atoms with Gasteiger partial charge in [-0.05, 0) is 24.8 Å². The van der Waals surface area contributed by atoms with Gasteiger partial charge >= 0.3 is 6.09 Å². The number of aromatic nitrogens is 2. The van der Waals surface area contributed by atoms with Gasteiger partial charge < -0.3 is 4.74 Å². The van der Waals surface area contributed by atoms with Crippen molar-refractivity contribution < 1.29 is 14.3 Å². The molecule has 2 aliphatic rings. The van der Waals surface area contributed by atoms with Crippen LogP contribution in [0.5, 0.6) is 0 Å². The average Bonchev–Trinajstić information content (AvgIpc) is 3.24. The fourth-order valence-electron chi connectivity index (χ4n) is 3.06. The molecule has 1 fully saturated rings. The predicted molar refractivity (Wildman–Crippen MR) is 90.7 cm³/mol. The molecule has 0 bridgehead atoms. The van der Waals surface area contributed by atoms with E-state index in [2.05, 4.69) is 4.98 Å². The van der Waals surface area contributed by atoms with Crippen molar-refractivity contribution in [3.05, 3.63) is 20.8 Å². The monoisotopic (exact) mass is 365 g/mol. The SMILES string of the molecule is Cn1c(SCC(=O)N2CCOC2=O)nc2sc3c(c2c1=O)CCC3. The molecule has 9 heteroatoms. The third kappa shape index (κ3) is 2.42. The van der Waals surface area contributed by atoms with Crippen LogP contribution in [0.4, 0.5) is 4.79 Å². The summed E-state index contributed by atoms with van der Waals surface area (Å²) < 4.78 is 6.26. The van der Waals surface area contributed by atoms with Crippen LogP contribution in [0.2, 0.25) is 0 Å². The molecule has 0 atom stereocenters. The molecule has 126 valence electrons. The second kappa shape index (κ2) is 5.89. The highest BCUT2D eigenvalue weighted by Crippen LogP contribution is 2.35. The Kier molecular flexibility index (Phi) is 3.84. The Bertz CT molecular complexity index is 918. The Morgan fingerprint density at radius 2 is 2.21 bits per heavy atom. The summed E-state index contributed by atoms with van der Waals surface area (Å²) >= 11 is 2.75.